The Morgan fingerprint density at radius 1 is 1.07 bits per heavy atom. The molecule has 0 aliphatic heterocycles. The van der Waals surface area contributed by atoms with Gasteiger partial charge in [-0.2, -0.15) is 13.2 Å². The lowest BCUT2D eigenvalue weighted by molar-refractivity contribution is -0.137. The summed E-state index contributed by atoms with van der Waals surface area (Å²) < 4.78 is 48.3. The Labute approximate surface area is 173 Å². The molecule has 0 N–H and O–H groups in total. The third kappa shape index (κ3) is 3.86. The van der Waals surface area contributed by atoms with Crippen LogP contribution in [-0.2, 0) is 17.5 Å². The third-order valence-corrected chi connectivity index (χ3v) is 5.67. The van der Waals surface area contributed by atoms with Crippen molar-refractivity contribution < 1.29 is 22.7 Å². The van der Waals surface area contributed by atoms with E-state index in [2.05, 4.69) is 0 Å². The van der Waals surface area contributed by atoms with Crippen LogP contribution >= 0.6 is 0 Å². The van der Waals surface area contributed by atoms with Gasteiger partial charge in [-0.15, -0.1) is 0 Å². The summed E-state index contributed by atoms with van der Waals surface area (Å²) in [7, 11) is 0. The second-order valence-electron chi connectivity index (χ2n) is 7.61. The molecule has 6 heteroatoms. The van der Waals surface area contributed by atoms with Crippen LogP contribution in [0.1, 0.15) is 52.4 Å². The molecule has 3 nitrogen and oxygen atoms in total. The van der Waals surface area contributed by atoms with E-state index in [0.29, 0.717) is 16.8 Å². The Hall–Kier alpha value is -3.02. The Morgan fingerprint density at radius 3 is 2.37 bits per heavy atom. The third-order valence-electron chi connectivity index (χ3n) is 5.67. The number of nitrogens with zero attached hydrogens (tertiary/aromatic N) is 1. The van der Waals surface area contributed by atoms with Crippen molar-refractivity contribution in [2.24, 2.45) is 0 Å². The molecule has 30 heavy (non-hydrogen) atoms. The van der Waals surface area contributed by atoms with E-state index in [1.165, 1.54) is 12.1 Å². The highest BCUT2D eigenvalue weighted by Gasteiger charge is 2.36. The van der Waals surface area contributed by atoms with Crippen molar-refractivity contribution in [2.45, 2.75) is 45.0 Å². The first-order valence-electron chi connectivity index (χ1n) is 9.95. The largest absolute Gasteiger partial charge is 0.457 e. The summed E-state index contributed by atoms with van der Waals surface area (Å²) >= 11 is 0. The van der Waals surface area contributed by atoms with Crippen molar-refractivity contribution in [1.82, 2.24) is 4.57 Å². The van der Waals surface area contributed by atoms with Crippen molar-refractivity contribution in [1.29, 1.82) is 0 Å². The average molecular weight is 413 g/mol. The molecule has 0 amide bonds. The summed E-state index contributed by atoms with van der Waals surface area (Å²) in [5.74, 6) is -0.528. The van der Waals surface area contributed by atoms with E-state index < -0.39 is 17.7 Å². The Kier molecular flexibility index (Phi) is 5.41. The van der Waals surface area contributed by atoms with Gasteiger partial charge in [-0.05, 0) is 43.4 Å². The highest BCUT2D eigenvalue weighted by atomic mass is 19.4. The first kappa shape index (κ1) is 20.3. The summed E-state index contributed by atoms with van der Waals surface area (Å²) in [4.78, 5) is 12.8. The van der Waals surface area contributed by atoms with E-state index >= 15 is 0 Å². The molecule has 1 aliphatic rings. The number of hydrogen-bond acceptors (Lipinski definition) is 2. The predicted octanol–water partition coefficient (Wildman–Crippen LogP) is 6.56. The molecule has 0 radical (unpaired) electrons. The van der Waals surface area contributed by atoms with Gasteiger partial charge in [0.2, 0.25) is 0 Å². The standard InChI is InChI=1S/C24H22F3NO2/c1-16-20(23(29)30-15-17-8-3-2-4-9-17)14-28(18-10-7-11-18)22(16)19-12-5-6-13-21(19)24(25,26)27/h2-6,8-9,12-14,18H,7,10-11,15H2,1H3. The van der Waals surface area contributed by atoms with Crippen LogP contribution in [0.15, 0.2) is 60.8 Å². The normalized spacial score (nSPS) is 14.4. The molecule has 156 valence electrons. The van der Waals surface area contributed by atoms with E-state index in [1.54, 1.807) is 19.2 Å². The van der Waals surface area contributed by atoms with Gasteiger partial charge in [0.1, 0.15) is 6.61 Å². The minimum atomic E-state index is -4.48. The lowest BCUT2D eigenvalue weighted by atomic mass is 9.91. The zero-order valence-electron chi connectivity index (χ0n) is 16.6. The van der Waals surface area contributed by atoms with E-state index in [1.807, 2.05) is 34.9 Å². The first-order valence-corrected chi connectivity index (χ1v) is 9.95. The van der Waals surface area contributed by atoms with Gasteiger partial charge < -0.3 is 9.30 Å². The second kappa shape index (κ2) is 8.01. The van der Waals surface area contributed by atoms with Gasteiger partial charge in [0.15, 0.2) is 0 Å². The summed E-state index contributed by atoms with van der Waals surface area (Å²) in [5, 5.41) is 0. The molecular weight excluding hydrogens is 391 g/mol. The molecule has 2 aromatic carbocycles. The molecule has 1 saturated carbocycles. The fourth-order valence-electron chi connectivity index (χ4n) is 3.86. The molecule has 0 saturated heterocycles. The number of rotatable bonds is 5. The molecule has 0 atom stereocenters. The summed E-state index contributed by atoms with van der Waals surface area (Å²) in [6.07, 6.45) is -0.0294. The number of benzene rings is 2. The fourth-order valence-corrected chi connectivity index (χ4v) is 3.86. The smallest absolute Gasteiger partial charge is 0.417 e. The fraction of sp³-hybridized carbons (Fsp3) is 0.292. The SMILES string of the molecule is Cc1c(C(=O)OCc2ccccc2)cn(C2CCC2)c1-c1ccccc1C(F)(F)F. The number of hydrogen-bond donors (Lipinski definition) is 0. The van der Waals surface area contributed by atoms with Gasteiger partial charge in [-0.3, -0.25) is 0 Å². The number of carbonyl (C=O) groups is 1. The minimum Gasteiger partial charge on any atom is -0.457 e. The highest BCUT2D eigenvalue weighted by Crippen LogP contribution is 2.43. The van der Waals surface area contributed by atoms with Crippen LogP contribution in [0.3, 0.4) is 0 Å². The predicted molar refractivity (Wildman–Crippen MR) is 108 cm³/mol. The van der Waals surface area contributed by atoms with E-state index in [4.69, 9.17) is 4.74 Å². The molecule has 0 bridgehead atoms. The van der Waals surface area contributed by atoms with Crippen LogP contribution in [0, 0.1) is 6.92 Å². The molecule has 4 rings (SSSR count). The Bertz CT molecular complexity index is 1050. The van der Waals surface area contributed by atoms with Crippen molar-refractivity contribution >= 4 is 5.97 Å². The molecule has 1 aromatic heterocycles. The van der Waals surface area contributed by atoms with Gasteiger partial charge in [0.25, 0.3) is 0 Å². The number of ether oxygens (including phenoxy) is 1. The summed E-state index contributed by atoms with van der Waals surface area (Å²) in [5.41, 5.74) is 1.51. The molecule has 0 unspecified atom stereocenters. The van der Waals surface area contributed by atoms with Crippen LogP contribution in [0.4, 0.5) is 13.2 Å². The van der Waals surface area contributed by atoms with Crippen LogP contribution in [-0.4, -0.2) is 10.5 Å². The van der Waals surface area contributed by atoms with Gasteiger partial charge in [0.05, 0.1) is 16.8 Å². The average Bonchev–Trinajstić information content (AvgIpc) is 3.01. The number of aromatic nitrogens is 1. The van der Waals surface area contributed by atoms with Crippen molar-refractivity contribution in [3.63, 3.8) is 0 Å². The van der Waals surface area contributed by atoms with E-state index in [9.17, 15) is 18.0 Å². The number of halogens is 3. The maximum absolute atomic E-state index is 13.7. The highest BCUT2D eigenvalue weighted by molar-refractivity contribution is 5.93. The zero-order valence-corrected chi connectivity index (χ0v) is 16.6. The quantitative estimate of drug-likeness (QED) is 0.443. The van der Waals surface area contributed by atoms with Gasteiger partial charge in [-0.1, -0.05) is 48.5 Å². The Morgan fingerprint density at radius 2 is 1.73 bits per heavy atom. The Balaban J connectivity index is 1.73. The van der Waals surface area contributed by atoms with Crippen LogP contribution in [0.2, 0.25) is 0 Å². The van der Waals surface area contributed by atoms with Crippen molar-refractivity contribution in [3.05, 3.63) is 83.0 Å². The molecule has 3 aromatic rings. The van der Waals surface area contributed by atoms with E-state index in [-0.39, 0.29) is 18.2 Å². The van der Waals surface area contributed by atoms with Gasteiger partial charge >= 0.3 is 12.1 Å². The topological polar surface area (TPSA) is 31.2 Å². The van der Waals surface area contributed by atoms with Crippen LogP contribution in [0.25, 0.3) is 11.3 Å². The molecule has 1 heterocycles. The van der Waals surface area contributed by atoms with Crippen LogP contribution in [0.5, 0.6) is 0 Å². The maximum atomic E-state index is 13.7. The van der Waals surface area contributed by atoms with E-state index in [0.717, 1.165) is 30.9 Å². The minimum absolute atomic E-state index is 0.0932. The van der Waals surface area contributed by atoms with Gasteiger partial charge in [-0.25, -0.2) is 4.79 Å². The second-order valence-corrected chi connectivity index (χ2v) is 7.61. The monoisotopic (exact) mass is 413 g/mol. The molecule has 0 spiro atoms. The molecule has 1 aliphatic carbocycles. The maximum Gasteiger partial charge on any atom is 0.417 e. The number of esters is 1. The lowest BCUT2D eigenvalue weighted by Gasteiger charge is -2.30. The summed E-state index contributed by atoms with van der Waals surface area (Å²) in [6.45, 7) is 1.80. The van der Waals surface area contributed by atoms with Crippen molar-refractivity contribution in [2.75, 3.05) is 0 Å². The lowest BCUT2D eigenvalue weighted by Crippen LogP contribution is -2.18. The van der Waals surface area contributed by atoms with Crippen molar-refractivity contribution in [3.8, 4) is 11.3 Å². The summed E-state index contributed by atoms with van der Waals surface area (Å²) in [6, 6.07) is 14.9. The molecule has 1 fully saturated rings. The van der Waals surface area contributed by atoms with Crippen LogP contribution < -0.4 is 0 Å². The van der Waals surface area contributed by atoms with Gasteiger partial charge in [0, 0.05) is 17.8 Å². The zero-order chi connectivity index (χ0) is 21.3. The first-order chi connectivity index (χ1) is 14.4. The number of alkyl halides is 3. The molecular formula is C24H22F3NO2. The number of carbonyl (C=O) groups excluding carboxylic acids is 1.